The molecule has 7 nitrogen and oxygen atoms in total. The fourth-order valence-corrected chi connectivity index (χ4v) is 5.41. The summed E-state index contributed by atoms with van der Waals surface area (Å²) in [6, 6.07) is 15.4. The molecule has 2 aliphatic heterocycles. The number of likely N-dealkylation sites (tertiary alicyclic amines) is 1. The molecule has 4 rings (SSSR count). The van der Waals surface area contributed by atoms with Gasteiger partial charge in [0.2, 0.25) is 0 Å². The van der Waals surface area contributed by atoms with Crippen LogP contribution in [0.25, 0.3) is 11.3 Å². The molecule has 0 radical (unpaired) electrons. The van der Waals surface area contributed by atoms with Gasteiger partial charge in [-0.05, 0) is 29.5 Å². The van der Waals surface area contributed by atoms with Crippen molar-refractivity contribution in [3.05, 3.63) is 48.5 Å². The summed E-state index contributed by atoms with van der Waals surface area (Å²) in [5, 5.41) is 9.04. The molecule has 0 spiro atoms. The second kappa shape index (κ2) is 6.78. The van der Waals surface area contributed by atoms with Crippen molar-refractivity contribution in [3.63, 3.8) is 0 Å². The van der Waals surface area contributed by atoms with Crippen molar-refractivity contribution < 1.29 is 9.11 Å². The molecular weight excluding hydrogens is 350 g/mol. The standard InChI is InChI=1S/C18H21N5O2S/c19-14-21-10-9-16(13-21)22-11-12-23(26(22,24)25)18-8-4-7-17(20-18)15-5-2-1-3-6-15/h1-8,16,24-25H,9-13H2/t16-/m0/s1. The Morgan fingerprint density at radius 3 is 2.58 bits per heavy atom. The Morgan fingerprint density at radius 2 is 1.85 bits per heavy atom. The number of hydrogen-bond donors (Lipinski definition) is 2. The lowest BCUT2D eigenvalue weighted by Gasteiger charge is -2.44. The number of pyridine rings is 1. The van der Waals surface area contributed by atoms with E-state index in [2.05, 4.69) is 11.2 Å². The maximum atomic E-state index is 10.9. The Morgan fingerprint density at radius 1 is 1.04 bits per heavy atom. The average molecular weight is 371 g/mol. The molecule has 2 aromatic rings. The zero-order chi connectivity index (χ0) is 18.1. The molecule has 0 bridgehead atoms. The smallest absolute Gasteiger partial charge is 0.179 e. The van der Waals surface area contributed by atoms with E-state index in [1.165, 1.54) is 0 Å². The Kier molecular flexibility index (Phi) is 4.46. The van der Waals surface area contributed by atoms with Crippen LogP contribution in [0.1, 0.15) is 6.42 Å². The number of aromatic nitrogens is 1. The van der Waals surface area contributed by atoms with Crippen LogP contribution in [0.4, 0.5) is 5.82 Å². The number of benzene rings is 1. The zero-order valence-corrected chi connectivity index (χ0v) is 15.1. The van der Waals surface area contributed by atoms with Crippen LogP contribution in [-0.2, 0) is 0 Å². The van der Waals surface area contributed by atoms with Gasteiger partial charge in [-0.1, -0.05) is 36.4 Å². The zero-order valence-electron chi connectivity index (χ0n) is 14.3. The van der Waals surface area contributed by atoms with E-state index in [4.69, 9.17) is 5.26 Å². The Bertz CT molecular complexity index is 826. The molecule has 2 fully saturated rings. The molecule has 1 aromatic carbocycles. The van der Waals surface area contributed by atoms with Gasteiger partial charge in [0.15, 0.2) is 6.19 Å². The Labute approximate surface area is 154 Å². The molecule has 3 heterocycles. The second-order valence-electron chi connectivity index (χ2n) is 6.47. The van der Waals surface area contributed by atoms with Crippen LogP contribution < -0.4 is 4.31 Å². The molecule has 2 aliphatic rings. The van der Waals surface area contributed by atoms with Gasteiger partial charge in [-0.3, -0.25) is 9.11 Å². The molecule has 0 unspecified atom stereocenters. The van der Waals surface area contributed by atoms with Gasteiger partial charge in [0, 0.05) is 25.2 Å². The molecule has 1 aromatic heterocycles. The minimum atomic E-state index is -3.13. The van der Waals surface area contributed by atoms with E-state index in [1.54, 1.807) is 19.6 Å². The van der Waals surface area contributed by atoms with Crippen molar-refractivity contribution in [3.8, 4) is 17.5 Å². The monoisotopic (exact) mass is 371 g/mol. The molecule has 0 saturated carbocycles. The summed E-state index contributed by atoms with van der Waals surface area (Å²) >= 11 is 0. The molecule has 26 heavy (non-hydrogen) atoms. The maximum Gasteiger partial charge on any atom is 0.179 e. The van der Waals surface area contributed by atoms with Crippen LogP contribution in [0.5, 0.6) is 0 Å². The molecular formula is C18H21N5O2S. The van der Waals surface area contributed by atoms with Gasteiger partial charge in [0.05, 0.1) is 18.3 Å². The summed E-state index contributed by atoms with van der Waals surface area (Å²) < 4.78 is 25.1. The predicted octanol–water partition coefficient (Wildman–Crippen LogP) is 3.01. The first-order chi connectivity index (χ1) is 12.6. The Balaban J connectivity index is 1.58. The van der Waals surface area contributed by atoms with E-state index in [9.17, 15) is 9.11 Å². The highest BCUT2D eigenvalue weighted by atomic mass is 32.3. The molecule has 2 N–H and O–H groups in total. The Hall–Kier alpha value is -2.31. The van der Waals surface area contributed by atoms with Crippen molar-refractivity contribution in [2.75, 3.05) is 30.5 Å². The van der Waals surface area contributed by atoms with Crippen LogP contribution in [0.2, 0.25) is 0 Å². The van der Waals surface area contributed by atoms with E-state index < -0.39 is 11.0 Å². The highest BCUT2D eigenvalue weighted by Crippen LogP contribution is 2.54. The third kappa shape index (κ3) is 2.99. The number of hydrogen-bond acceptors (Lipinski definition) is 7. The molecule has 0 amide bonds. The molecule has 0 aliphatic carbocycles. The van der Waals surface area contributed by atoms with Gasteiger partial charge >= 0.3 is 0 Å². The van der Waals surface area contributed by atoms with Crippen LogP contribution in [0.15, 0.2) is 48.5 Å². The summed E-state index contributed by atoms with van der Waals surface area (Å²) in [6.07, 6.45) is 2.90. The van der Waals surface area contributed by atoms with Crippen LogP contribution in [0.3, 0.4) is 0 Å². The van der Waals surface area contributed by atoms with Gasteiger partial charge in [-0.25, -0.2) is 9.29 Å². The first-order valence-electron chi connectivity index (χ1n) is 8.59. The van der Waals surface area contributed by atoms with E-state index in [1.807, 2.05) is 42.5 Å². The highest BCUT2D eigenvalue weighted by molar-refractivity contribution is 8.23. The number of anilines is 1. The summed E-state index contributed by atoms with van der Waals surface area (Å²) in [5.41, 5.74) is 1.79. The molecule has 136 valence electrons. The summed E-state index contributed by atoms with van der Waals surface area (Å²) in [4.78, 5) is 6.31. The van der Waals surface area contributed by atoms with Crippen LogP contribution in [-0.4, -0.2) is 55.5 Å². The SMILES string of the molecule is N#CN1CC[C@H](N2CCN(c3cccc(-c4ccccc4)n3)S2(O)O)C1. The number of nitriles is 1. The van der Waals surface area contributed by atoms with E-state index in [-0.39, 0.29) is 6.04 Å². The minimum absolute atomic E-state index is 0.0260. The van der Waals surface area contributed by atoms with Crippen molar-refractivity contribution in [2.45, 2.75) is 12.5 Å². The summed E-state index contributed by atoms with van der Waals surface area (Å²) in [5.74, 6) is 0.559. The lowest BCUT2D eigenvalue weighted by molar-refractivity contribution is 0.310. The highest BCUT2D eigenvalue weighted by Gasteiger charge is 2.43. The fraction of sp³-hybridized carbons (Fsp3) is 0.333. The first-order valence-corrected chi connectivity index (χ1v) is 10.1. The number of rotatable bonds is 3. The van der Waals surface area contributed by atoms with Crippen molar-refractivity contribution >= 4 is 16.8 Å². The fourth-order valence-electron chi connectivity index (χ4n) is 3.58. The minimum Gasteiger partial charge on any atom is -0.309 e. The van der Waals surface area contributed by atoms with Crippen LogP contribution >= 0.6 is 11.0 Å². The quantitative estimate of drug-likeness (QED) is 0.802. The summed E-state index contributed by atoms with van der Waals surface area (Å²) in [6.45, 7) is 2.24. The second-order valence-corrected chi connectivity index (χ2v) is 8.36. The molecule has 8 heteroatoms. The third-order valence-electron chi connectivity index (χ3n) is 4.91. The maximum absolute atomic E-state index is 10.9. The van der Waals surface area contributed by atoms with Crippen molar-refractivity contribution in [2.24, 2.45) is 0 Å². The van der Waals surface area contributed by atoms with Gasteiger partial charge < -0.3 is 4.90 Å². The van der Waals surface area contributed by atoms with E-state index in [0.29, 0.717) is 32.0 Å². The number of nitrogens with zero attached hydrogens (tertiary/aromatic N) is 5. The topological polar surface area (TPSA) is 86.9 Å². The lowest BCUT2D eigenvalue weighted by atomic mass is 10.1. The molecule has 2 saturated heterocycles. The summed E-state index contributed by atoms with van der Waals surface area (Å²) in [7, 11) is -3.13. The largest absolute Gasteiger partial charge is 0.309 e. The van der Waals surface area contributed by atoms with Gasteiger partial charge in [0.1, 0.15) is 5.82 Å². The van der Waals surface area contributed by atoms with E-state index in [0.717, 1.165) is 17.7 Å². The normalized spacial score (nSPS) is 23.8. The van der Waals surface area contributed by atoms with Gasteiger partial charge in [0.25, 0.3) is 0 Å². The van der Waals surface area contributed by atoms with Crippen LogP contribution in [0, 0.1) is 11.5 Å². The lowest BCUT2D eigenvalue weighted by Crippen LogP contribution is -2.38. The van der Waals surface area contributed by atoms with Gasteiger partial charge in [-0.15, -0.1) is 0 Å². The average Bonchev–Trinajstić information content (AvgIpc) is 3.26. The predicted molar refractivity (Wildman–Crippen MR) is 102 cm³/mol. The third-order valence-corrected chi connectivity index (χ3v) is 6.98. The van der Waals surface area contributed by atoms with Gasteiger partial charge in [-0.2, -0.15) is 9.57 Å². The molecule has 1 atom stereocenters. The van der Waals surface area contributed by atoms with Crippen molar-refractivity contribution in [1.82, 2.24) is 14.2 Å². The van der Waals surface area contributed by atoms with E-state index >= 15 is 0 Å². The van der Waals surface area contributed by atoms with Crippen molar-refractivity contribution in [1.29, 1.82) is 5.26 Å². The first kappa shape index (κ1) is 17.1.